The van der Waals surface area contributed by atoms with Crippen molar-refractivity contribution in [3.63, 3.8) is 0 Å². The van der Waals surface area contributed by atoms with Gasteiger partial charge in [-0.1, -0.05) is 29.8 Å². The van der Waals surface area contributed by atoms with Gasteiger partial charge in [0.25, 0.3) is 0 Å². The van der Waals surface area contributed by atoms with Crippen LogP contribution < -0.4 is 10.7 Å². The number of hydrazone groups is 1. The van der Waals surface area contributed by atoms with Crippen molar-refractivity contribution >= 4 is 46.5 Å². The van der Waals surface area contributed by atoms with Crippen LogP contribution in [0, 0.1) is 24.0 Å². The summed E-state index contributed by atoms with van der Waals surface area (Å²) in [5.74, 6) is -0.520. The zero-order valence-electron chi connectivity index (χ0n) is 13.4. The van der Waals surface area contributed by atoms with Crippen molar-refractivity contribution in [3.05, 3.63) is 62.2 Å². The number of rotatable bonds is 4. The number of benzene rings is 2. The van der Waals surface area contributed by atoms with E-state index in [1.807, 2.05) is 32.0 Å². The molecule has 0 spiro atoms. The van der Waals surface area contributed by atoms with Crippen molar-refractivity contribution in [1.29, 1.82) is 0 Å². The number of para-hydroxylation sites is 1. The SMILES string of the molecule is Cc1cccc(C)c1NC(=S)N/N=C/c1cc(Cl)cc([N+](=O)[O-])c1O. The Morgan fingerprint density at radius 2 is 2.00 bits per heavy atom. The number of hydrogen-bond acceptors (Lipinski definition) is 5. The number of halogens is 1. The average Bonchev–Trinajstić information content (AvgIpc) is 2.53. The summed E-state index contributed by atoms with van der Waals surface area (Å²) in [6.07, 6.45) is 1.20. The second-order valence-corrected chi connectivity index (χ2v) is 6.06. The lowest BCUT2D eigenvalue weighted by molar-refractivity contribution is -0.385. The van der Waals surface area contributed by atoms with Crippen molar-refractivity contribution < 1.29 is 10.0 Å². The summed E-state index contributed by atoms with van der Waals surface area (Å²) in [5.41, 5.74) is 5.12. The predicted octanol–water partition coefficient (Wildman–Crippen LogP) is 3.89. The highest BCUT2D eigenvalue weighted by molar-refractivity contribution is 7.80. The van der Waals surface area contributed by atoms with Gasteiger partial charge in [-0.15, -0.1) is 0 Å². The Labute approximate surface area is 154 Å². The van der Waals surface area contributed by atoms with Gasteiger partial charge >= 0.3 is 5.69 Å². The number of aromatic hydroxyl groups is 1. The number of nitro groups is 1. The van der Waals surface area contributed by atoms with Crippen LogP contribution >= 0.6 is 23.8 Å². The summed E-state index contributed by atoms with van der Waals surface area (Å²) in [7, 11) is 0. The van der Waals surface area contributed by atoms with Crippen molar-refractivity contribution in [2.24, 2.45) is 5.10 Å². The Bertz CT molecular complexity index is 850. The van der Waals surface area contributed by atoms with Crippen LogP contribution in [-0.4, -0.2) is 21.4 Å². The van der Waals surface area contributed by atoms with Crippen LogP contribution in [0.2, 0.25) is 5.02 Å². The Kier molecular flexibility index (Phi) is 5.89. The number of phenolic OH excluding ortho intramolecular Hbond substituents is 1. The first-order chi connectivity index (χ1) is 11.8. The number of nitrogens with one attached hydrogen (secondary N) is 2. The smallest absolute Gasteiger partial charge is 0.312 e. The third-order valence-electron chi connectivity index (χ3n) is 3.37. The summed E-state index contributed by atoms with van der Waals surface area (Å²) in [6.45, 7) is 3.90. The summed E-state index contributed by atoms with van der Waals surface area (Å²) < 4.78 is 0. The lowest BCUT2D eigenvalue weighted by Gasteiger charge is -2.12. The monoisotopic (exact) mass is 378 g/mol. The van der Waals surface area contributed by atoms with Crippen LogP contribution in [0.3, 0.4) is 0 Å². The molecule has 2 aromatic carbocycles. The molecule has 0 saturated carbocycles. The van der Waals surface area contributed by atoms with Crippen LogP contribution in [0.15, 0.2) is 35.4 Å². The largest absolute Gasteiger partial charge is 0.502 e. The van der Waals surface area contributed by atoms with E-state index in [4.69, 9.17) is 23.8 Å². The third-order valence-corrected chi connectivity index (χ3v) is 3.78. The Morgan fingerprint density at radius 3 is 2.60 bits per heavy atom. The van der Waals surface area contributed by atoms with Crippen LogP contribution in [0.5, 0.6) is 5.75 Å². The number of nitrogens with zero attached hydrogens (tertiary/aromatic N) is 2. The maximum Gasteiger partial charge on any atom is 0.312 e. The molecule has 3 N–H and O–H groups in total. The molecule has 0 atom stereocenters. The number of phenols is 1. The Hall–Kier alpha value is -2.71. The highest BCUT2D eigenvalue weighted by Gasteiger charge is 2.17. The van der Waals surface area contributed by atoms with E-state index >= 15 is 0 Å². The van der Waals surface area contributed by atoms with Crippen LogP contribution in [0.1, 0.15) is 16.7 Å². The molecule has 0 aromatic heterocycles. The maximum absolute atomic E-state index is 10.9. The number of thiocarbonyl (C=S) groups is 1. The van der Waals surface area contributed by atoms with Gasteiger partial charge < -0.3 is 10.4 Å². The molecule has 0 aliphatic heterocycles. The Morgan fingerprint density at radius 1 is 1.36 bits per heavy atom. The lowest BCUT2D eigenvalue weighted by Crippen LogP contribution is -2.24. The second-order valence-electron chi connectivity index (χ2n) is 5.21. The summed E-state index contributed by atoms with van der Waals surface area (Å²) in [5, 5.41) is 28.0. The van der Waals surface area contributed by atoms with Crippen LogP contribution in [0.25, 0.3) is 0 Å². The molecule has 7 nitrogen and oxygen atoms in total. The number of nitro benzene ring substituents is 1. The highest BCUT2D eigenvalue weighted by Crippen LogP contribution is 2.32. The van der Waals surface area contributed by atoms with Gasteiger partial charge in [0.1, 0.15) is 0 Å². The second kappa shape index (κ2) is 7.91. The van der Waals surface area contributed by atoms with E-state index in [1.54, 1.807) is 0 Å². The van der Waals surface area contributed by atoms with E-state index in [1.165, 1.54) is 12.3 Å². The van der Waals surface area contributed by atoms with Crippen molar-refractivity contribution in [3.8, 4) is 5.75 Å². The number of anilines is 1. The molecule has 0 saturated heterocycles. The molecule has 2 rings (SSSR count). The van der Waals surface area contributed by atoms with Crippen LogP contribution in [-0.2, 0) is 0 Å². The molecule has 0 amide bonds. The van der Waals surface area contributed by atoms with Crippen molar-refractivity contribution in [2.75, 3.05) is 5.32 Å². The lowest BCUT2D eigenvalue weighted by atomic mass is 10.1. The van der Waals surface area contributed by atoms with E-state index in [0.29, 0.717) is 0 Å². The minimum Gasteiger partial charge on any atom is -0.502 e. The number of aryl methyl sites for hydroxylation is 2. The Balaban J connectivity index is 2.11. The molecule has 2 aromatic rings. The predicted molar refractivity (Wildman–Crippen MR) is 103 cm³/mol. The fraction of sp³-hybridized carbons (Fsp3) is 0.125. The van der Waals surface area contributed by atoms with Gasteiger partial charge in [0.05, 0.1) is 11.1 Å². The minimum atomic E-state index is -0.723. The first-order valence-electron chi connectivity index (χ1n) is 7.12. The van der Waals surface area contributed by atoms with Gasteiger partial charge in [-0.3, -0.25) is 15.5 Å². The zero-order valence-corrected chi connectivity index (χ0v) is 15.0. The normalized spacial score (nSPS) is 10.7. The third kappa shape index (κ3) is 4.65. The van der Waals surface area contributed by atoms with Gasteiger partial charge in [0.2, 0.25) is 5.75 Å². The van der Waals surface area contributed by atoms with Crippen LogP contribution in [0.4, 0.5) is 11.4 Å². The van der Waals surface area contributed by atoms with Gasteiger partial charge in [-0.25, -0.2) is 0 Å². The van der Waals surface area contributed by atoms with E-state index in [9.17, 15) is 15.2 Å². The van der Waals surface area contributed by atoms with Gasteiger partial charge in [-0.2, -0.15) is 5.10 Å². The van der Waals surface area contributed by atoms with E-state index in [-0.39, 0.29) is 15.7 Å². The highest BCUT2D eigenvalue weighted by atomic mass is 35.5. The molecule has 0 radical (unpaired) electrons. The molecule has 25 heavy (non-hydrogen) atoms. The summed E-state index contributed by atoms with van der Waals surface area (Å²) in [6, 6.07) is 8.26. The molecule has 0 heterocycles. The van der Waals surface area contributed by atoms with Crippen molar-refractivity contribution in [2.45, 2.75) is 13.8 Å². The molecule has 9 heteroatoms. The minimum absolute atomic E-state index is 0.0987. The van der Waals surface area contributed by atoms with Gasteiger partial charge in [0, 0.05) is 22.3 Å². The quantitative estimate of drug-likeness (QED) is 0.323. The molecule has 0 bridgehead atoms. The zero-order chi connectivity index (χ0) is 18.6. The first-order valence-corrected chi connectivity index (χ1v) is 7.91. The van der Waals surface area contributed by atoms with E-state index in [2.05, 4.69) is 15.8 Å². The van der Waals surface area contributed by atoms with Crippen molar-refractivity contribution in [1.82, 2.24) is 5.43 Å². The van der Waals surface area contributed by atoms with E-state index in [0.717, 1.165) is 22.9 Å². The average molecular weight is 379 g/mol. The molecule has 0 aliphatic carbocycles. The molecular weight excluding hydrogens is 364 g/mol. The fourth-order valence-corrected chi connectivity index (χ4v) is 2.53. The van der Waals surface area contributed by atoms with E-state index < -0.39 is 16.4 Å². The first kappa shape index (κ1) is 18.6. The fourth-order valence-electron chi connectivity index (χ4n) is 2.16. The molecule has 130 valence electrons. The molecule has 0 aliphatic rings. The summed E-state index contributed by atoms with van der Waals surface area (Å²) in [4.78, 5) is 10.1. The molecule has 0 unspecified atom stereocenters. The standard InChI is InChI=1S/C16H15ClN4O3S/c1-9-4-3-5-10(2)14(9)19-16(25)20-18-8-11-6-12(17)7-13(15(11)22)21(23)24/h3-8,22H,1-2H3,(H2,19,20,25)/b18-8+. The van der Waals surface area contributed by atoms with Gasteiger partial charge in [-0.05, 0) is 43.3 Å². The summed E-state index contributed by atoms with van der Waals surface area (Å²) >= 11 is 11.0. The maximum atomic E-state index is 10.9. The number of hydrogen-bond donors (Lipinski definition) is 3. The molecular formula is C16H15ClN4O3S. The van der Waals surface area contributed by atoms with Gasteiger partial charge in [0.15, 0.2) is 5.11 Å². The topological polar surface area (TPSA) is 99.8 Å². The molecule has 0 fully saturated rings.